The number of benzene rings is 2. The highest BCUT2D eigenvalue weighted by Gasteiger charge is 2.15. The lowest BCUT2D eigenvalue weighted by Crippen LogP contribution is -2.24. The molecule has 128 valence electrons. The van der Waals surface area contributed by atoms with Crippen LogP contribution in [0.2, 0.25) is 5.02 Å². The summed E-state index contributed by atoms with van der Waals surface area (Å²) in [6.45, 7) is 2.64. The van der Waals surface area contributed by atoms with Crippen molar-refractivity contribution in [1.29, 1.82) is 0 Å². The molecule has 0 aliphatic heterocycles. The van der Waals surface area contributed by atoms with E-state index in [0.29, 0.717) is 22.8 Å². The van der Waals surface area contributed by atoms with E-state index in [-0.39, 0.29) is 10.8 Å². The fourth-order valence-corrected chi connectivity index (χ4v) is 3.27. The number of hydrogen-bond acceptors (Lipinski definition) is 3. The SMILES string of the molecule is CCCCNC(=O)c1ccc(S(=O)(=O)Nc2cccc(Cl)c2)cc1. The van der Waals surface area contributed by atoms with Gasteiger partial charge in [-0.05, 0) is 48.9 Å². The minimum absolute atomic E-state index is 0.0765. The second-order valence-electron chi connectivity index (χ2n) is 5.25. The normalized spacial score (nSPS) is 11.1. The maximum absolute atomic E-state index is 12.4. The minimum atomic E-state index is -3.73. The topological polar surface area (TPSA) is 75.3 Å². The molecule has 0 fully saturated rings. The van der Waals surface area contributed by atoms with Crippen molar-refractivity contribution in [3.63, 3.8) is 0 Å². The summed E-state index contributed by atoms with van der Waals surface area (Å²) < 4.78 is 27.2. The predicted octanol–water partition coefficient (Wildman–Crippen LogP) is 3.67. The van der Waals surface area contributed by atoms with E-state index in [1.165, 1.54) is 30.3 Å². The van der Waals surface area contributed by atoms with E-state index in [1.54, 1.807) is 18.2 Å². The molecule has 0 saturated heterocycles. The first-order valence-electron chi connectivity index (χ1n) is 7.59. The average Bonchev–Trinajstić information content (AvgIpc) is 2.55. The van der Waals surface area contributed by atoms with Gasteiger partial charge in [0, 0.05) is 17.1 Å². The van der Waals surface area contributed by atoms with Gasteiger partial charge in [0.2, 0.25) is 0 Å². The van der Waals surface area contributed by atoms with Crippen molar-refractivity contribution < 1.29 is 13.2 Å². The summed E-state index contributed by atoms with van der Waals surface area (Å²) in [5, 5.41) is 3.22. The first kappa shape index (κ1) is 18.3. The lowest BCUT2D eigenvalue weighted by atomic mass is 10.2. The molecule has 2 aromatic carbocycles. The number of anilines is 1. The second kappa shape index (κ2) is 8.17. The van der Waals surface area contributed by atoms with E-state index < -0.39 is 10.0 Å². The van der Waals surface area contributed by atoms with Crippen molar-refractivity contribution in [2.45, 2.75) is 24.7 Å². The summed E-state index contributed by atoms with van der Waals surface area (Å²) in [7, 11) is -3.73. The van der Waals surface area contributed by atoms with Crippen molar-refractivity contribution in [1.82, 2.24) is 5.32 Å². The Morgan fingerprint density at radius 1 is 1.12 bits per heavy atom. The third-order valence-corrected chi connectivity index (χ3v) is 4.95. The molecule has 0 atom stereocenters. The molecule has 0 bridgehead atoms. The van der Waals surface area contributed by atoms with Crippen LogP contribution in [-0.4, -0.2) is 20.9 Å². The number of unbranched alkanes of at least 4 members (excludes halogenated alkanes) is 1. The summed E-state index contributed by atoms with van der Waals surface area (Å²) in [5.74, 6) is -0.213. The number of rotatable bonds is 7. The van der Waals surface area contributed by atoms with Gasteiger partial charge in [-0.1, -0.05) is 31.0 Å². The van der Waals surface area contributed by atoms with Gasteiger partial charge in [0.25, 0.3) is 15.9 Å². The van der Waals surface area contributed by atoms with Gasteiger partial charge in [-0.25, -0.2) is 8.42 Å². The molecule has 0 heterocycles. The molecular weight excluding hydrogens is 348 g/mol. The molecule has 0 unspecified atom stereocenters. The largest absolute Gasteiger partial charge is 0.352 e. The highest BCUT2D eigenvalue weighted by Crippen LogP contribution is 2.19. The standard InChI is InChI=1S/C17H19ClN2O3S/c1-2-3-11-19-17(21)13-7-9-16(10-8-13)24(22,23)20-15-6-4-5-14(18)12-15/h4-10,12,20H,2-3,11H2,1H3,(H,19,21). The van der Waals surface area contributed by atoms with Crippen molar-refractivity contribution in [3.05, 3.63) is 59.1 Å². The van der Waals surface area contributed by atoms with Crippen LogP contribution >= 0.6 is 11.6 Å². The highest BCUT2D eigenvalue weighted by atomic mass is 35.5. The van der Waals surface area contributed by atoms with Crippen LogP contribution in [0.3, 0.4) is 0 Å². The molecule has 1 amide bonds. The van der Waals surface area contributed by atoms with Crippen LogP contribution in [0.4, 0.5) is 5.69 Å². The van der Waals surface area contributed by atoms with E-state index in [9.17, 15) is 13.2 Å². The number of sulfonamides is 1. The Morgan fingerprint density at radius 2 is 1.83 bits per heavy atom. The van der Waals surface area contributed by atoms with Gasteiger partial charge >= 0.3 is 0 Å². The summed E-state index contributed by atoms with van der Waals surface area (Å²) in [6, 6.07) is 12.2. The lowest BCUT2D eigenvalue weighted by molar-refractivity contribution is 0.0953. The van der Waals surface area contributed by atoms with Gasteiger partial charge in [0.1, 0.15) is 0 Å². The Hall–Kier alpha value is -2.05. The molecule has 0 spiro atoms. The monoisotopic (exact) mass is 366 g/mol. The fourth-order valence-electron chi connectivity index (χ4n) is 2.03. The Balaban J connectivity index is 2.10. The second-order valence-corrected chi connectivity index (χ2v) is 7.37. The molecule has 0 radical (unpaired) electrons. The maximum atomic E-state index is 12.4. The molecule has 2 N–H and O–H groups in total. The summed E-state index contributed by atoms with van der Waals surface area (Å²) in [6.07, 6.45) is 1.90. The molecule has 0 aliphatic rings. The first-order valence-corrected chi connectivity index (χ1v) is 9.45. The molecule has 7 heteroatoms. The van der Waals surface area contributed by atoms with Crippen LogP contribution in [0.1, 0.15) is 30.1 Å². The van der Waals surface area contributed by atoms with Crippen molar-refractivity contribution in [2.24, 2.45) is 0 Å². The van der Waals surface area contributed by atoms with Crippen molar-refractivity contribution >= 4 is 33.2 Å². The zero-order valence-electron chi connectivity index (χ0n) is 13.3. The smallest absolute Gasteiger partial charge is 0.261 e. The summed E-state index contributed by atoms with van der Waals surface area (Å²) in [4.78, 5) is 12.0. The molecular formula is C17H19ClN2O3S. The summed E-state index contributed by atoms with van der Waals surface area (Å²) in [5.41, 5.74) is 0.802. The fraction of sp³-hybridized carbons (Fsp3) is 0.235. The zero-order valence-corrected chi connectivity index (χ0v) is 14.8. The molecule has 0 saturated carbocycles. The van der Waals surface area contributed by atoms with E-state index in [4.69, 9.17) is 11.6 Å². The number of carbonyl (C=O) groups excluding carboxylic acids is 1. The van der Waals surface area contributed by atoms with Crippen molar-refractivity contribution in [2.75, 3.05) is 11.3 Å². The van der Waals surface area contributed by atoms with E-state index in [2.05, 4.69) is 10.0 Å². The first-order chi connectivity index (χ1) is 11.4. The van der Waals surface area contributed by atoms with Gasteiger partial charge in [-0.15, -0.1) is 0 Å². The Kier molecular flexibility index (Phi) is 6.23. The zero-order chi connectivity index (χ0) is 17.6. The molecule has 0 aliphatic carbocycles. The van der Waals surface area contributed by atoms with Crippen LogP contribution in [-0.2, 0) is 10.0 Å². The quantitative estimate of drug-likeness (QED) is 0.734. The number of amides is 1. The van der Waals surface area contributed by atoms with Gasteiger partial charge < -0.3 is 5.32 Å². The Bertz CT molecular complexity index is 805. The van der Waals surface area contributed by atoms with Crippen LogP contribution < -0.4 is 10.0 Å². The van der Waals surface area contributed by atoms with Crippen LogP contribution in [0.25, 0.3) is 0 Å². The molecule has 24 heavy (non-hydrogen) atoms. The molecule has 2 rings (SSSR count). The maximum Gasteiger partial charge on any atom is 0.261 e. The number of nitrogens with one attached hydrogen (secondary N) is 2. The van der Waals surface area contributed by atoms with E-state index in [0.717, 1.165) is 12.8 Å². The minimum Gasteiger partial charge on any atom is -0.352 e. The van der Waals surface area contributed by atoms with E-state index in [1.807, 2.05) is 6.92 Å². The predicted molar refractivity (Wildman–Crippen MR) is 95.9 cm³/mol. The average molecular weight is 367 g/mol. The van der Waals surface area contributed by atoms with Crippen LogP contribution in [0.5, 0.6) is 0 Å². The van der Waals surface area contributed by atoms with Crippen molar-refractivity contribution in [3.8, 4) is 0 Å². The van der Waals surface area contributed by atoms with E-state index >= 15 is 0 Å². The highest BCUT2D eigenvalue weighted by molar-refractivity contribution is 7.92. The van der Waals surface area contributed by atoms with Gasteiger partial charge in [-0.2, -0.15) is 0 Å². The third kappa shape index (κ3) is 4.97. The number of hydrogen-bond donors (Lipinski definition) is 2. The van der Waals surface area contributed by atoms with Gasteiger partial charge in [0.15, 0.2) is 0 Å². The van der Waals surface area contributed by atoms with Crippen LogP contribution in [0, 0.1) is 0 Å². The lowest BCUT2D eigenvalue weighted by Gasteiger charge is -2.09. The van der Waals surface area contributed by atoms with Crippen LogP contribution in [0.15, 0.2) is 53.4 Å². The molecule has 5 nitrogen and oxygen atoms in total. The molecule has 2 aromatic rings. The summed E-state index contributed by atoms with van der Waals surface area (Å²) >= 11 is 5.85. The Labute approximate surface area is 147 Å². The van der Waals surface area contributed by atoms with Gasteiger partial charge in [0.05, 0.1) is 10.6 Å². The van der Waals surface area contributed by atoms with Gasteiger partial charge in [-0.3, -0.25) is 9.52 Å². The molecule has 0 aromatic heterocycles. The number of carbonyl (C=O) groups is 1. The Morgan fingerprint density at radius 3 is 2.46 bits per heavy atom. The number of halogens is 1. The third-order valence-electron chi connectivity index (χ3n) is 3.32.